The van der Waals surface area contributed by atoms with Gasteiger partial charge in [0.05, 0.1) is 13.5 Å². The monoisotopic (exact) mass is 664 g/mol. The first-order valence-corrected chi connectivity index (χ1v) is 15.3. The van der Waals surface area contributed by atoms with Gasteiger partial charge in [-0.1, -0.05) is 50.2 Å². The van der Waals surface area contributed by atoms with Crippen LogP contribution in [0.5, 0.6) is 11.5 Å². The summed E-state index contributed by atoms with van der Waals surface area (Å²) in [6.07, 6.45) is 1.61. The Balaban J connectivity index is 1.40. The molecular weight excluding hydrogens is 626 g/mol. The zero-order valence-corrected chi connectivity index (χ0v) is 26.8. The number of aromatic nitrogens is 1. The lowest BCUT2D eigenvalue weighted by atomic mass is 10.0. The van der Waals surface area contributed by atoms with E-state index in [0.717, 1.165) is 40.2 Å². The number of amides is 3. The summed E-state index contributed by atoms with van der Waals surface area (Å²) in [6.45, 7) is 3.32. The van der Waals surface area contributed by atoms with Crippen LogP contribution >= 0.6 is 0 Å². The molecular formula is C35H38F2N4O7. The molecule has 1 aromatic heterocycles. The number of benzene rings is 3. The quantitative estimate of drug-likeness (QED) is 0.132. The van der Waals surface area contributed by atoms with Crippen LogP contribution in [-0.2, 0) is 32.1 Å². The van der Waals surface area contributed by atoms with Crippen molar-refractivity contribution in [3.63, 3.8) is 0 Å². The normalized spacial score (nSPS) is 12.3. The molecule has 0 aliphatic carbocycles. The Kier molecular flexibility index (Phi) is 12.1. The lowest BCUT2D eigenvalue weighted by molar-refractivity contribution is -0.141. The van der Waals surface area contributed by atoms with Crippen LogP contribution in [-0.4, -0.2) is 59.3 Å². The van der Waals surface area contributed by atoms with Gasteiger partial charge in [0.15, 0.2) is 24.1 Å². The molecule has 0 saturated heterocycles. The van der Waals surface area contributed by atoms with Gasteiger partial charge in [-0.05, 0) is 53.8 Å². The minimum atomic E-state index is -1.56. The van der Waals surface area contributed by atoms with Crippen molar-refractivity contribution in [1.82, 2.24) is 20.5 Å². The summed E-state index contributed by atoms with van der Waals surface area (Å²) in [5, 5.41) is 17.6. The molecule has 13 heteroatoms. The smallest absolute Gasteiger partial charge is 0.305 e. The third-order valence-corrected chi connectivity index (χ3v) is 7.65. The van der Waals surface area contributed by atoms with Crippen molar-refractivity contribution in [2.45, 2.75) is 51.7 Å². The maximum absolute atomic E-state index is 13.8. The fraction of sp³-hybridized carbons (Fsp3) is 0.314. The number of carbonyl (C=O) groups is 4. The van der Waals surface area contributed by atoms with Crippen LogP contribution in [0.15, 0.2) is 72.9 Å². The number of aryl methyl sites for hydroxylation is 1. The summed E-state index contributed by atoms with van der Waals surface area (Å²) in [5.41, 5.74) is 3.00. The average Bonchev–Trinajstić information content (AvgIpc) is 3.39. The van der Waals surface area contributed by atoms with Crippen LogP contribution in [0, 0.1) is 17.6 Å². The van der Waals surface area contributed by atoms with Gasteiger partial charge in [0.1, 0.15) is 17.8 Å². The van der Waals surface area contributed by atoms with E-state index in [1.54, 1.807) is 21.0 Å². The largest absolute Gasteiger partial charge is 0.497 e. The molecule has 0 spiro atoms. The van der Waals surface area contributed by atoms with Gasteiger partial charge in [0.25, 0.3) is 0 Å². The summed E-state index contributed by atoms with van der Waals surface area (Å²) >= 11 is 0. The highest BCUT2D eigenvalue weighted by atomic mass is 19.1. The second-order valence-corrected chi connectivity index (χ2v) is 11.5. The van der Waals surface area contributed by atoms with E-state index in [9.17, 15) is 33.1 Å². The van der Waals surface area contributed by atoms with E-state index in [1.807, 2.05) is 54.7 Å². The minimum Gasteiger partial charge on any atom is -0.497 e. The number of nitrogens with zero attached hydrogens (tertiary/aromatic N) is 1. The van der Waals surface area contributed by atoms with Crippen LogP contribution in [0.25, 0.3) is 10.9 Å². The van der Waals surface area contributed by atoms with E-state index in [2.05, 4.69) is 20.5 Å². The lowest BCUT2D eigenvalue weighted by Gasteiger charge is -2.24. The van der Waals surface area contributed by atoms with E-state index in [1.165, 1.54) is 0 Å². The van der Waals surface area contributed by atoms with Crippen molar-refractivity contribution in [3.05, 3.63) is 95.7 Å². The second kappa shape index (κ2) is 16.4. The molecule has 3 aromatic carbocycles. The number of para-hydroxylation sites is 1. The fourth-order valence-corrected chi connectivity index (χ4v) is 5.18. The molecule has 254 valence electrons. The van der Waals surface area contributed by atoms with Crippen LogP contribution < -0.4 is 25.4 Å². The molecule has 11 nitrogen and oxygen atoms in total. The van der Waals surface area contributed by atoms with Gasteiger partial charge in [-0.25, -0.2) is 8.78 Å². The van der Waals surface area contributed by atoms with Gasteiger partial charge in [-0.15, -0.1) is 0 Å². The predicted octanol–water partition coefficient (Wildman–Crippen LogP) is 4.16. The van der Waals surface area contributed by atoms with Gasteiger partial charge in [-0.2, -0.15) is 0 Å². The number of fused-ring (bicyclic) bond motifs is 1. The highest BCUT2D eigenvalue weighted by Crippen LogP contribution is 2.28. The molecule has 0 radical (unpaired) electrons. The number of halogens is 2. The Bertz CT molecular complexity index is 1740. The number of carbonyl (C=O) groups excluding carboxylic acids is 3. The van der Waals surface area contributed by atoms with Crippen LogP contribution in [0.4, 0.5) is 8.78 Å². The molecule has 1 heterocycles. The van der Waals surface area contributed by atoms with Crippen LogP contribution in [0.3, 0.4) is 0 Å². The average molecular weight is 665 g/mol. The molecule has 0 bridgehead atoms. The Morgan fingerprint density at radius 1 is 0.917 bits per heavy atom. The first-order valence-electron chi connectivity index (χ1n) is 15.3. The Hall–Kier alpha value is -5.46. The van der Waals surface area contributed by atoms with Gasteiger partial charge in [0, 0.05) is 30.1 Å². The van der Waals surface area contributed by atoms with Crippen molar-refractivity contribution >= 4 is 34.6 Å². The Labute approximate surface area is 276 Å². The summed E-state index contributed by atoms with van der Waals surface area (Å²) < 4.78 is 40.1. The zero-order valence-electron chi connectivity index (χ0n) is 26.8. The van der Waals surface area contributed by atoms with Crippen LogP contribution in [0.2, 0.25) is 0 Å². The molecule has 2 unspecified atom stereocenters. The third kappa shape index (κ3) is 9.30. The van der Waals surface area contributed by atoms with Crippen molar-refractivity contribution in [3.8, 4) is 11.5 Å². The molecule has 4 aromatic rings. The molecule has 0 saturated carbocycles. The van der Waals surface area contributed by atoms with E-state index in [0.29, 0.717) is 18.7 Å². The summed E-state index contributed by atoms with van der Waals surface area (Å²) in [6, 6.07) is 16.1. The van der Waals surface area contributed by atoms with Crippen molar-refractivity contribution in [1.29, 1.82) is 0 Å². The number of carboxylic acid groups (broad SMARTS) is 1. The van der Waals surface area contributed by atoms with Gasteiger partial charge in [-0.3, -0.25) is 19.2 Å². The summed E-state index contributed by atoms with van der Waals surface area (Å²) in [4.78, 5) is 50.6. The number of carboxylic acids is 1. The molecule has 0 aliphatic rings. The van der Waals surface area contributed by atoms with Gasteiger partial charge >= 0.3 is 5.97 Å². The SMILES string of the molecule is COc1ccc2c(c1)c(CCC(=O)NC(C(=O)NC(CC(=O)O)C(=O)NCOc1c(F)cccc1F)C(C)C)cn2Cc1ccccc1. The van der Waals surface area contributed by atoms with E-state index in [4.69, 9.17) is 9.47 Å². The minimum absolute atomic E-state index is 0.0428. The molecule has 4 N–H and O–H groups in total. The van der Waals surface area contributed by atoms with Crippen molar-refractivity contribution in [2.75, 3.05) is 13.8 Å². The van der Waals surface area contributed by atoms with Crippen molar-refractivity contribution < 1.29 is 42.5 Å². The first kappa shape index (κ1) is 35.4. The molecule has 2 atom stereocenters. The van der Waals surface area contributed by atoms with Gasteiger partial charge in [0.2, 0.25) is 17.7 Å². The van der Waals surface area contributed by atoms with E-state index < -0.39 is 72.2 Å². The highest BCUT2D eigenvalue weighted by Gasteiger charge is 2.30. The number of aliphatic carboxylic acids is 1. The number of methoxy groups -OCH3 is 1. The highest BCUT2D eigenvalue weighted by molar-refractivity contribution is 5.94. The van der Waals surface area contributed by atoms with Crippen LogP contribution in [0.1, 0.15) is 37.8 Å². The molecule has 3 amide bonds. The molecule has 4 rings (SSSR count). The maximum Gasteiger partial charge on any atom is 0.305 e. The number of ether oxygens (including phenoxy) is 2. The zero-order chi connectivity index (χ0) is 34.8. The third-order valence-electron chi connectivity index (χ3n) is 7.65. The number of hydrogen-bond acceptors (Lipinski definition) is 6. The number of hydrogen-bond donors (Lipinski definition) is 4. The predicted molar refractivity (Wildman–Crippen MR) is 173 cm³/mol. The van der Waals surface area contributed by atoms with E-state index >= 15 is 0 Å². The van der Waals surface area contributed by atoms with Gasteiger partial charge < -0.3 is 35.1 Å². The second-order valence-electron chi connectivity index (χ2n) is 11.5. The first-order chi connectivity index (χ1) is 23.0. The standard InChI is InChI=1S/C35H38F2N4O7/c1-21(2)32(35(46)39-28(17-31(43)44)34(45)38-20-48-33-26(36)10-7-11-27(33)37)40-30(42)15-12-23-19-41(18-22-8-5-4-6-9-22)29-14-13-24(47-3)16-25(23)29/h4-11,13-14,16,19,21,28,32H,12,15,17-18,20H2,1-3H3,(H,38,45)(H,39,46)(H,40,42)(H,43,44). The summed E-state index contributed by atoms with van der Waals surface area (Å²) in [5.74, 6) is -6.00. The molecule has 48 heavy (non-hydrogen) atoms. The topological polar surface area (TPSA) is 148 Å². The Morgan fingerprint density at radius 3 is 2.27 bits per heavy atom. The maximum atomic E-state index is 13.8. The lowest BCUT2D eigenvalue weighted by Crippen LogP contribution is -2.56. The molecule has 0 aliphatic heterocycles. The van der Waals surface area contributed by atoms with Crippen molar-refractivity contribution in [2.24, 2.45) is 5.92 Å². The Morgan fingerprint density at radius 2 is 1.62 bits per heavy atom. The number of rotatable bonds is 16. The van der Waals surface area contributed by atoms with E-state index in [-0.39, 0.29) is 6.42 Å². The fourth-order valence-electron chi connectivity index (χ4n) is 5.18. The number of nitrogens with one attached hydrogen (secondary N) is 3. The molecule has 0 fully saturated rings. The summed E-state index contributed by atoms with van der Waals surface area (Å²) in [7, 11) is 1.58.